The predicted molar refractivity (Wildman–Crippen MR) is 77.9 cm³/mol. The van der Waals surface area contributed by atoms with Gasteiger partial charge in [-0.2, -0.15) is 0 Å². The van der Waals surface area contributed by atoms with Crippen LogP contribution in [0.15, 0.2) is 12.1 Å². The van der Waals surface area contributed by atoms with E-state index < -0.39 is 0 Å². The van der Waals surface area contributed by atoms with E-state index in [4.69, 9.17) is 11.6 Å². The highest BCUT2D eigenvalue weighted by atomic mass is 35.5. The fourth-order valence-electron chi connectivity index (χ4n) is 2.75. The number of Topliss-reactive ketones (excluding diaryl/α,β-unsaturated/α-hetero) is 1. The molecule has 3 heteroatoms. The van der Waals surface area contributed by atoms with Crippen LogP contribution in [-0.2, 0) is 0 Å². The maximum Gasteiger partial charge on any atom is 0.164 e. The topological polar surface area (TPSA) is 37.3 Å². The van der Waals surface area contributed by atoms with E-state index >= 15 is 0 Å². The highest BCUT2D eigenvalue weighted by molar-refractivity contribution is 6.35. The molecule has 1 aliphatic rings. The third-order valence-electron chi connectivity index (χ3n) is 4.31. The average Bonchev–Trinajstić information content (AvgIpc) is 2.29. The van der Waals surface area contributed by atoms with Gasteiger partial charge in [-0.25, -0.2) is 0 Å². The Labute approximate surface area is 119 Å². The van der Waals surface area contributed by atoms with Crippen LogP contribution in [0.5, 0.6) is 5.75 Å². The maximum atomic E-state index is 12.2. The number of aromatic hydroxyl groups is 1. The smallest absolute Gasteiger partial charge is 0.164 e. The Balaban J connectivity index is 2.00. The molecule has 0 radical (unpaired) electrons. The molecule has 0 saturated heterocycles. The lowest BCUT2D eigenvalue weighted by Crippen LogP contribution is -2.29. The van der Waals surface area contributed by atoms with Crippen molar-refractivity contribution in [3.05, 3.63) is 28.3 Å². The zero-order valence-corrected chi connectivity index (χ0v) is 12.5. The van der Waals surface area contributed by atoms with E-state index in [0.717, 1.165) is 18.8 Å². The van der Waals surface area contributed by atoms with Gasteiger partial charge in [-0.05, 0) is 49.1 Å². The predicted octanol–water partition coefficient (Wildman–Crippen LogP) is 4.61. The summed E-state index contributed by atoms with van der Waals surface area (Å²) in [5, 5.41) is 9.97. The van der Waals surface area contributed by atoms with Crippen molar-refractivity contribution in [1.82, 2.24) is 0 Å². The molecule has 0 spiro atoms. The molecule has 1 saturated carbocycles. The third kappa shape index (κ3) is 2.94. The molecule has 0 amide bonds. The zero-order valence-electron chi connectivity index (χ0n) is 11.7. The number of carbonyl (C=O) groups is 1. The molecule has 0 heterocycles. The van der Waals surface area contributed by atoms with Crippen LogP contribution < -0.4 is 0 Å². The molecule has 104 valence electrons. The molecular formula is C16H21ClO2. The quantitative estimate of drug-likeness (QED) is 0.818. The first kappa shape index (κ1) is 14.4. The van der Waals surface area contributed by atoms with Crippen LogP contribution in [0.25, 0.3) is 0 Å². The Morgan fingerprint density at radius 2 is 2.05 bits per heavy atom. The number of carbonyl (C=O) groups excluding carboxylic acids is 1. The van der Waals surface area contributed by atoms with E-state index in [9.17, 15) is 9.90 Å². The van der Waals surface area contributed by atoms with Crippen LogP contribution in [0.1, 0.15) is 49.0 Å². The minimum absolute atomic E-state index is 0.0289. The lowest BCUT2D eigenvalue weighted by atomic mass is 9.67. The molecule has 1 N–H and O–H groups in total. The van der Waals surface area contributed by atoms with Crippen molar-refractivity contribution >= 4 is 17.4 Å². The summed E-state index contributed by atoms with van der Waals surface area (Å²) in [7, 11) is 0. The van der Waals surface area contributed by atoms with Crippen molar-refractivity contribution in [1.29, 1.82) is 0 Å². The van der Waals surface area contributed by atoms with E-state index in [2.05, 4.69) is 13.8 Å². The van der Waals surface area contributed by atoms with Crippen LogP contribution in [0.4, 0.5) is 0 Å². The number of phenolic OH excluding ortho intramolecular Hbond substituents is 1. The second-order valence-electron chi connectivity index (χ2n) is 6.06. The first-order valence-corrected chi connectivity index (χ1v) is 7.29. The molecule has 2 rings (SSSR count). The van der Waals surface area contributed by atoms with Gasteiger partial charge in [0.05, 0.1) is 5.02 Å². The number of hydrogen-bond acceptors (Lipinski definition) is 2. The van der Waals surface area contributed by atoms with Gasteiger partial charge in [0.1, 0.15) is 5.75 Å². The second kappa shape index (κ2) is 5.54. The lowest BCUT2D eigenvalue weighted by Gasteiger charge is -2.37. The SMILES string of the molecule is Cc1ccc(C(=O)CC2CC(C(C)C)C2)c(Cl)c1O. The average molecular weight is 281 g/mol. The Hall–Kier alpha value is -1.02. The summed E-state index contributed by atoms with van der Waals surface area (Å²) < 4.78 is 0. The van der Waals surface area contributed by atoms with Gasteiger partial charge in [0.15, 0.2) is 5.78 Å². The van der Waals surface area contributed by atoms with Gasteiger partial charge >= 0.3 is 0 Å². The van der Waals surface area contributed by atoms with Crippen molar-refractivity contribution in [2.75, 3.05) is 0 Å². The Kier molecular flexibility index (Phi) is 4.19. The first-order valence-electron chi connectivity index (χ1n) is 6.91. The van der Waals surface area contributed by atoms with Gasteiger partial charge in [-0.15, -0.1) is 0 Å². The second-order valence-corrected chi connectivity index (χ2v) is 6.44. The molecule has 0 bridgehead atoms. The van der Waals surface area contributed by atoms with Crippen LogP contribution in [0.3, 0.4) is 0 Å². The molecule has 1 aliphatic carbocycles. The summed E-state index contributed by atoms with van der Waals surface area (Å²) in [6, 6.07) is 3.46. The molecule has 19 heavy (non-hydrogen) atoms. The minimum atomic E-state index is 0.0289. The number of halogens is 1. The van der Waals surface area contributed by atoms with Gasteiger partial charge in [0.25, 0.3) is 0 Å². The Morgan fingerprint density at radius 3 is 2.63 bits per heavy atom. The third-order valence-corrected chi connectivity index (χ3v) is 4.69. The van der Waals surface area contributed by atoms with Gasteiger partial charge in [0, 0.05) is 12.0 Å². The van der Waals surface area contributed by atoms with Crippen molar-refractivity contribution in [2.24, 2.45) is 17.8 Å². The minimum Gasteiger partial charge on any atom is -0.506 e. The summed E-state index contributed by atoms with van der Waals surface area (Å²) in [5.41, 5.74) is 1.16. The van der Waals surface area contributed by atoms with Crippen molar-refractivity contribution in [3.63, 3.8) is 0 Å². The summed E-state index contributed by atoms with van der Waals surface area (Å²) in [6.07, 6.45) is 2.82. The molecule has 1 aromatic rings. The van der Waals surface area contributed by atoms with Crippen LogP contribution in [0, 0.1) is 24.7 Å². The highest BCUT2D eigenvalue weighted by Crippen LogP contribution is 2.41. The van der Waals surface area contributed by atoms with Gasteiger partial charge in [-0.1, -0.05) is 31.5 Å². The van der Waals surface area contributed by atoms with Crippen molar-refractivity contribution < 1.29 is 9.90 Å². The number of rotatable bonds is 4. The van der Waals surface area contributed by atoms with E-state index in [-0.39, 0.29) is 16.6 Å². The molecule has 0 aromatic heterocycles. The van der Waals surface area contributed by atoms with E-state index in [1.807, 2.05) is 0 Å². The number of aryl methyl sites for hydroxylation is 1. The largest absolute Gasteiger partial charge is 0.506 e. The van der Waals surface area contributed by atoms with Crippen LogP contribution in [0.2, 0.25) is 5.02 Å². The van der Waals surface area contributed by atoms with E-state index in [1.54, 1.807) is 19.1 Å². The van der Waals surface area contributed by atoms with Crippen LogP contribution in [-0.4, -0.2) is 10.9 Å². The molecule has 0 atom stereocenters. The molecule has 1 fully saturated rings. The monoisotopic (exact) mass is 280 g/mol. The molecular weight excluding hydrogens is 260 g/mol. The van der Waals surface area contributed by atoms with Gasteiger partial charge < -0.3 is 5.11 Å². The fourth-order valence-corrected chi connectivity index (χ4v) is 3.06. The summed E-state index contributed by atoms with van der Waals surface area (Å²) in [6.45, 7) is 6.24. The summed E-state index contributed by atoms with van der Waals surface area (Å²) >= 11 is 6.05. The zero-order chi connectivity index (χ0) is 14.2. The van der Waals surface area contributed by atoms with Crippen molar-refractivity contribution in [2.45, 2.75) is 40.0 Å². The van der Waals surface area contributed by atoms with E-state index in [0.29, 0.717) is 29.4 Å². The summed E-state index contributed by atoms with van der Waals surface area (Å²) in [4.78, 5) is 12.2. The fraction of sp³-hybridized carbons (Fsp3) is 0.562. The van der Waals surface area contributed by atoms with Crippen LogP contribution >= 0.6 is 11.6 Å². The number of hydrogen-bond donors (Lipinski definition) is 1. The number of benzene rings is 1. The standard InChI is InChI=1S/C16H21ClO2/c1-9(2)12-6-11(7-12)8-14(18)13-5-4-10(3)16(19)15(13)17/h4-5,9,11-12,19H,6-8H2,1-3H3. The van der Waals surface area contributed by atoms with E-state index in [1.165, 1.54) is 0 Å². The molecule has 0 aliphatic heterocycles. The number of phenols is 1. The van der Waals surface area contributed by atoms with Gasteiger partial charge in [0.2, 0.25) is 0 Å². The number of ketones is 1. The summed E-state index contributed by atoms with van der Waals surface area (Å²) in [5.74, 6) is 2.03. The Morgan fingerprint density at radius 1 is 1.42 bits per heavy atom. The highest BCUT2D eigenvalue weighted by Gasteiger charge is 2.33. The first-order chi connectivity index (χ1) is 8.90. The van der Waals surface area contributed by atoms with Gasteiger partial charge in [-0.3, -0.25) is 4.79 Å². The molecule has 0 unspecified atom stereocenters. The van der Waals surface area contributed by atoms with Crippen molar-refractivity contribution in [3.8, 4) is 5.75 Å². The molecule has 1 aromatic carbocycles. The Bertz CT molecular complexity index is 488. The lowest BCUT2D eigenvalue weighted by molar-refractivity contribution is 0.0846. The maximum absolute atomic E-state index is 12.2. The normalized spacial score (nSPS) is 22.4. The molecule has 2 nitrogen and oxygen atoms in total.